The highest BCUT2D eigenvalue weighted by Gasteiger charge is 2.41. The number of nitrogens with zero attached hydrogens (tertiary/aromatic N) is 1. The molecule has 12 rings (SSSR count). The summed E-state index contributed by atoms with van der Waals surface area (Å²) in [4.78, 5) is 2.53. The third-order valence-electron chi connectivity index (χ3n) is 15.1. The number of hydrogen-bond donors (Lipinski definition) is 0. The van der Waals surface area contributed by atoms with Crippen LogP contribution < -0.4 is 4.90 Å². The van der Waals surface area contributed by atoms with Gasteiger partial charge in [0.25, 0.3) is 0 Å². The van der Waals surface area contributed by atoms with Crippen molar-refractivity contribution in [1.82, 2.24) is 0 Å². The first-order chi connectivity index (χ1) is 31.0. The van der Waals surface area contributed by atoms with Gasteiger partial charge in [0.2, 0.25) is 0 Å². The zero-order valence-electron chi connectivity index (χ0n) is 37.5. The molecule has 64 heavy (non-hydrogen) atoms. The molecule has 3 aliphatic rings. The maximum absolute atomic E-state index is 2.53. The Labute approximate surface area is 378 Å². The molecule has 0 heterocycles. The molecule has 1 nitrogen and oxygen atoms in total. The van der Waals surface area contributed by atoms with E-state index in [9.17, 15) is 0 Å². The van der Waals surface area contributed by atoms with Gasteiger partial charge in [0, 0.05) is 33.3 Å². The summed E-state index contributed by atoms with van der Waals surface area (Å²) >= 11 is 0. The van der Waals surface area contributed by atoms with Crippen LogP contribution in [-0.2, 0) is 16.2 Å². The first-order valence-electron chi connectivity index (χ1n) is 22.8. The molecule has 1 heteroatoms. The van der Waals surface area contributed by atoms with Crippen molar-refractivity contribution in [3.8, 4) is 66.8 Å². The van der Waals surface area contributed by atoms with Gasteiger partial charge in [0.1, 0.15) is 0 Å². The van der Waals surface area contributed by atoms with Crippen molar-refractivity contribution in [3.63, 3.8) is 0 Å². The Morgan fingerprint density at radius 2 is 0.531 bits per heavy atom. The van der Waals surface area contributed by atoms with E-state index in [1.807, 2.05) is 0 Å². The molecule has 0 spiro atoms. The summed E-state index contributed by atoms with van der Waals surface area (Å²) in [5.74, 6) is 0. The lowest BCUT2D eigenvalue weighted by atomic mass is 9.81. The maximum Gasteiger partial charge on any atom is 0.0465 e. The minimum absolute atomic E-state index is 0.193. The zero-order chi connectivity index (χ0) is 43.5. The second-order valence-corrected chi connectivity index (χ2v) is 19.7. The highest BCUT2D eigenvalue weighted by atomic mass is 15.1. The van der Waals surface area contributed by atoms with E-state index < -0.39 is 0 Å². The molecule has 0 aliphatic heterocycles. The molecule has 0 amide bonds. The average molecular weight is 822 g/mol. The van der Waals surface area contributed by atoms with E-state index in [0.717, 1.165) is 17.1 Å². The van der Waals surface area contributed by atoms with Gasteiger partial charge >= 0.3 is 0 Å². The van der Waals surface area contributed by atoms with Crippen LogP contribution in [0.5, 0.6) is 0 Å². The highest BCUT2D eigenvalue weighted by Crippen LogP contribution is 2.58. The van der Waals surface area contributed by atoms with Crippen molar-refractivity contribution in [3.05, 3.63) is 234 Å². The number of hydrogen-bond acceptors (Lipinski definition) is 1. The standard InChI is InChI=1S/C63H51N/c1-61(2)52-28-16-25-46(40-19-10-7-11-20-40)58(52)49-34-31-43(37-55(49)61)64(44-32-35-50-56(38-44)62(3,4)53-29-17-26-47(59(50)53)41-21-12-8-13-22-41)45-33-36-51-57(39-45)63(5,6)54-30-18-27-48(60(51)54)42-23-14-9-15-24-42/h7-39H,1-6H3. The highest BCUT2D eigenvalue weighted by molar-refractivity contribution is 5.98. The third-order valence-corrected chi connectivity index (χ3v) is 15.1. The summed E-state index contributed by atoms with van der Waals surface area (Å²) < 4.78 is 0. The van der Waals surface area contributed by atoms with Crippen molar-refractivity contribution < 1.29 is 0 Å². The van der Waals surface area contributed by atoms with Crippen molar-refractivity contribution in [1.29, 1.82) is 0 Å². The Kier molecular flexibility index (Phi) is 8.35. The van der Waals surface area contributed by atoms with Crippen LogP contribution >= 0.6 is 0 Å². The van der Waals surface area contributed by atoms with Gasteiger partial charge in [-0.1, -0.05) is 205 Å². The fourth-order valence-corrected chi connectivity index (χ4v) is 11.8. The number of rotatable bonds is 6. The first-order valence-corrected chi connectivity index (χ1v) is 22.8. The van der Waals surface area contributed by atoms with Gasteiger partial charge in [0.05, 0.1) is 0 Å². The Balaban J connectivity index is 1.06. The minimum atomic E-state index is -0.193. The van der Waals surface area contributed by atoms with Crippen molar-refractivity contribution in [2.45, 2.75) is 57.8 Å². The topological polar surface area (TPSA) is 3.24 Å². The third kappa shape index (κ3) is 5.50. The summed E-state index contributed by atoms with van der Waals surface area (Å²) in [6, 6.07) is 75.0. The van der Waals surface area contributed by atoms with Crippen molar-refractivity contribution >= 4 is 17.1 Å². The SMILES string of the molecule is CC1(C)c2cc(N(c3ccc4c(c3)C(C)(C)c3cccc(-c5ccccc5)c3-4)c3ccc4c(c3)C(C)(C)c3cccc(-c5ccccc5)c3-4)ccc2-c2c(-c3ccccc3)cccc21. The summed E-state index contributed by atoms with van der Waals surface area (Å²) in [7, 11) is 0. The van der Waals surface area contributed by atoms with Gasteiger partial charge in [0.15, 0.2) is 0 Å². The molecule has 0 atom stereocenters. The quantitative estimate of drug-likeness (QED) is 0.161. The van der Waals surface area contributed by atoms with Crippen LogP contribution in [0.15, 0.2) is 200 Å². The predicted octanol–water partition coefficient (Wildman–Crippen LogP) is 17.1. The molecule has 0 N–H and O–H groups in total. The Morgan fingerprint density at radius 3 is 0.812 bits per heavy atom. The second kappa shape index (κ2) is 13.9. The summed E-state index contributed by atoms with van der Waals surface area (Å²) in [5, 5.41) is 0. The molecule has 0 aromatic heterocycles. The van der Waals surface area contributed by atoms with E-state index in [2.05, 4.69) is 247 Å². The van der Waals surface area contributed by atoms with E-state index in [-0.39, 0.29) is 16.2 Å². The van der Waals surface area contributed by atoms with Crippen molar-refractivity contribution in [2.24, 2.45) is 0 Å². The lowest BCUT2D eigenvalue weighted by Crippen LogP contribution is -2.19. The number of fused-ring (bicyclic) bond motifs is 9. The number of anilines is 3. The monoisotopic (exact) mass is 821 g/mol. The van der Waals surface area contributed by atoms with Gasteiger partial charge in [-0.3, -0.25) is 0 Å². The lowest BCUT2D eigenvalue weighted by molar-refractivity contribution is 0.659. The summed E-state index contributed by atoms with van der Waals surface area (Å²) in [6.45, 7) is 14.4. The van der Waals surface area contributed by atoms with E-state index in [4.69, 9.17) is 0 Å². The van der Waals surface area contributed by atoms with E-state index in [0.29, 0.717) is 0 Å². The molecule has 9 aromatic rings. The number of benzene rings is 9. The van der Waals surface area contributed by atoms with Crippen LogP contribution in [0.1, 0.15) is 74.9 Å². The van der Waals surface area contributed by atoms with Crippen LogP contribution in [0.3, 0.4) is 0 Å². The lowest BCUT2D eigenvalue weighted by Gasteiger charge is -2.31. The Bertz CT molecular complexity index is 2970. The average Bonchev–Trinajstić information content (AvgIpc) is 3.81. The fraction of sp³-hybridized carbons (Fsp3) is 0.143. The molecule has 308 valence electrons. The summed E-state index contributed by atoms with van der Waals surface area (Å²) in [6.07, 6.45) is 0. The second-order valence-electron chi connectivity index (χ2n) is 19.7. The van der Waals surface area contributed by atoms with E-state index >= 15 is 0 Å². The zero-order valence-corrected chi connectivity index (χ0v) is 37.5. The molecule has 0 saturated heterocycles. The largest absolute Gasteiger partial charge is 0.310 e. The molecule has 0 fully saturated rings. The van der Waals surface area contributed by atoms with Crippen molar-refractivity contribution in [2.75, 3.05) is 4.90 Å². The molecule has 0 saturated carbocycles. The molecule has 0 unspecified atom stereocenters. The van der Waals surface area contributed by atoms with Crippen LogP contribution in [0.25, 0.3) is 66.8 Å². The molecule has 0 radical (unpaired) electrons. The molecule has 9 aromatic carbocycles. The van der Waals surface area contributed by atoms with Gasteiger partial charge in [-0.2, -0.15) is 0 Å². The van der Waals surface area contributed by atoms with Gasteiger partial charge in [-0.25, -0.2) is 0 Å². The summed E-state index contributed by atoms with van der Waals surface area (Å²) in [5.41, 5.74) is 26.8. The fourth-order valence-electron chi connectivity index (χ4n) is 11.8. The van der Waals surface area contributed by atoms with Gasteiger partial charge in [-0.05, 0) is 137 Å². The van der Waals surface area contributed by atoms with E-state index in [1.54, 1.807) is 0 Å². The molecular formula is C63H51N. The Hall–Kier alpha value is -7.22. The van der Waals surface area contributed by atoms with Gasteiger partial charge in [-0.15, -0.1) is 0 Å². The maximum atomic E-state index is 2.53. The predicted molar refractivity (Wildman–Crippen MR) is 270 cm³/mol. The first kappa shape index (κ1) is 38.5. The van der Waals surface area contributed by atoms with Crippen LogP contribution in [0.2, 0.25) is 0 Å². The van der Waals surface area contributed by atoms with E-state index in [1.165, 1.54) is 100 Å². The van der Waals surface area contributed by atoms with Crippen LogP contribution in [0.4, 0.5) is 17.1 Å². The van der Waals surface area contributed by atoms with Gasteiger partial charge < -0.3 is 4.90 Å². The molecule has 0 bridgehead atoms. The molecule has 3 aliphatic carbocycles. The normalized spacial score (nSPS) is 15.1. The van der Waals surface area contributed by atoms with Crippen LogP contribution in [-0.4, -0.2) is 0 Å². The minimum Gasteiger partial charge on any atom is -0.310 e. The van der Waals surface area contributed by atoms with Crippen LogP contribution in [0, 0.1) is 0 Å². The molecular weight excluding hydrogens is 771 g/mol. The Morgan fingerprint density at radius 1 is 0.250 bits per heavy atom. The smallest absolute Gasteiger partial charge is 0.0465 e.